The molecule has 0 bridgehead atoms. The highest BCUT2D eigenvalue weighted by molar-refractivity contribution is 7.13. The number of thiophene rings is 1. The van der Waals surface area contributed by atoms with Gasteiger partial charge in [-0.05, 0) is 28.5 Å². The van der Waals surface area contributed by atoms with Crippen LogP contribution in [0.1, 0.15) is 26.3 Å². The summed E-state index contributed by atoms with van der Waals surface area (Å²) in [5.41, 5.74) is 3.69. The molecule has 0 atom stereocenters. The minimum absolute atomic E-state index is 0.152. The molecule has 1 aromatic carbocycles. The second kappa shape index (κ2) is 4.91. The first-order valence-corrected chi connectivity index (χ1v) is 7.62. The molecular weight excluding hydrogens is 264 g/mol. The van der Waals surface area contributed by atoms with Gasteiger partial charge in [-0.15, -0.1) is 11.3 Å². The Balaban J connectivity index is 1.98. The highest BCUT2D eigenvalue weighted by Crippen LogP contribution is 2.28. The van der Waals surface area contributed by atoms with Crippen molar-refractivity contribution in [2.45, 2.75) is 26.2 Å². The van der Waals surface area contributed by atoms with E-state index in [0.717, 1.165) is 17.1 Å². The van der Waals surface area contributed by atoms with Crippen LogP contribution < -0.4 is 0 Å². The number of nitrogens with zero attached hydrogens (tertiary/aromatic N) is 1. The first kappa shape index (κ1) is 13.1. The fourth-order valence-corrected chi connectivity index (χ4v) is 2.85. The Labute approximate surface area is 123 Å². The van der Waals surface area contributed by atoms with Gasteiger partial charge in [0.25, 0.3) is 0 Å². The third-order valence-corrected chi connectivity index (χ3v) is 4.27. The number of hydrogen-bond acceptors (Lipinski definition) is 2. The van der Waals surface area contributed by atoms with Crippen molar-refractivity contribution in [3.8, 4) is 22.0 Å². The molecule has 0 fully saturated rings. The molecule has 0 spiro atoms. The number of hydrogen-bond donors (Lipinski definition) is 1. The summed E-state index contributed by atoms with van der Waals surface area (Å²) in [5.74, 6) is 0.930. The van der Waals surface area contributed by atoms with Crippen LogP contribution in [0.2, 0.25) is 0 Å². The van der Waals surface area contributed by atoms with Gasteiger partial charge >= 0.3 is 0 Å². The Morgan fingerprint density at radius 1 is 1.10 bits per heavy atom. The molecular formula is C17H18N2S. The summed E-state index contributed by atoms with van der Waals surface area (Å²) in [5, 5.41) is 2.08. The normalized spacial score (nSPS) is 11.8. The van der Waals surface area contributed by atoms with Crippen molar-refractivity contribution in [1.29, 1.82) is 0 Å². The summed E-state index contributed by atoms with van der Waals surface area (Å²) in [7, 11) is 0. The summed E-state index contributed by atoms with van der Waals surface area (Å²) in [6.07, 6.45) is 1.91. The molecule has 0 aliphatic rings. The first-order valence-electron chi connectivity index (χ1n) is 6.74. The van der Waals surface area contributed by atoms with Crippen LogP contribution in [-0.4, -0.2) is 9.97 Å². The number of aromatic nitrogens is 2. The number of rotatable bonds is 2. The lowest BCUT2D eigenvalue weighted by atomic mass is 9.86. The van der Waals surface area contributed by atoms with Crippen LogP contribution in [0, 0.1) is 0 Å². The van der Waals surface area contributed by atoms with E-state index in [-0.39, 0.29) is 5.41 Å². The number of H-pyrrole nitrogens is 1. The van der Waals surface area contributed by atoms with Gasteiger partial charge in [-0.3, -0.25) is 0 Å². The van der Waals surface area contributed by atoms with E-state index in [2.05, 4.69) is 72.5 Å². The van der Waals surface area contributed by atoms with E-state index in [1.54, 1.807) is 11.3 Å². The van der Waals surface area contributed by atoms with Gasteiger partial charge in [0.2, 0.25) is 0 Å². The summed E-state index contributed by atoms with van der Waals surface area (Å²) in [6, 6.07) is 12.8. The molecule has 0 unspecified atom stereocenters. The summed E-state index contributed by atoms with van der Waals surface area (Å²) >= 11 is 1.72. The predicted octanol–water partition coefficient (Wildman–Crippen LogP) is 5.10. The van der Waals surface area contributed by atoms with E-state index in [9.17, 15) is 0 Å². The van der Waals surface area contributed by atoms with Gasteiger partial charge in [0.1, 0.15) is 5.82 Å². The zero-order valence-corrected chi connectivity index (χ0v) is 12.8. The molecule has 0 saturated carbocycles. The van der Waals surface area contributed by atoms with Crippen LogP contribution in [0.4, 0.5) is 0 Å². The fourth-order valence-electron chi connectivity index (χ4n) is 2.16. The van der Waals surface area contributed by atoms with Crippen molar-refractivity contribution in [2.24, 2.45) is 0 Å². The zero-order valence-electron chi connectivity index (χ0n) is 12.0. The lowest BCUT2D eigenvalue weighted by Crippen LogP contribution is -2.10. The van der Waals surface area contributed by atoms with Crippen molar-refractivity contribution in [1.82, 2.24) is 9.97 Å². The molecule has 0 radical (unpaired) electrons. The van der Waals surface area contributed by atoms with E-state index in [0.29, 0.717) is 0 Å². The van der Waals surface area contributed by atoms with Gasteiger partial charge in [-0.25, -0.2) is 4.98 Å². The monoisotopic (exact) mass is 282 g/mol. The Morgan fingerprint density at radius 2 is 1.95 bits per heavy atom. The van der Waals surface area contributed by atoms with E-state index in [4.69, 9.17) is 0 Å². The molecule has 2 aromatic heterocycles. The second-order valence-corrected chi connectivity index (χ2v) is 6.90. The number of imidazole rings is 1. The Morgan fingerprint density at radius 3 is 2.65 bits per heavy atom. The average molecular weight is 282 g/mol. The Bertz CT molecular complexity index is 703. The van der Waals surface area contributed by atoms with E-state index in [1.165, 1.54) is 10.4 Å². The number of aromatic amines is 1. The molecule has 1 N–H and O–H groups in total. The fraction of sp³-hybridized carbons (Fsp3) is 0.235. The maximum absolute atomic E-state index is 4.52. The molecule has 2 heterocycles. The zero-order chi connectivity index (χ0) is 14.2. The minimum Gasteiger partial charge on any atom is -0.337 e. The van der Waals surface area contributed by atoms with Crippen molar-refractivity contribution in [2.75, 3.05) is 0 Å². The van der Waals surface area contributed by atoms with Crippen LogP contribution in [-0.2, 0) is 5.41 Å². The third kappa shape index (κ3) is 2.54. The summed E-state index contributed by atoms with van der Waals surface area (Å²) < 4.78 is 0. The van der Waals surface area contributed by atoms with E-state index >= 15 is 0 Å². The van der Waals surface area contributed by atoms with Gasteiger partial charge < -0.3 is 4.98 Å². The summed E-state index contributed by atoms with van der Waals surface area (Å²) in [6.45, 7) is 6.68. The van der Waals surface area contributed by atoms with Gasteiger partial charge in [-0.1, -0.05) is 45.0 Å². The molecule has 20 heavy (non-hydrogen) atoms. The van der Waals surface area contributed by atoms with Gasteiger partial charge in [-0.2, -0.15) is 0 Å². The molecule has 102 valence electrons. The highest BCUT2D eigenvalue weighted by atomic mass is 32.1. The first-order chi connectivity index (χ1) is 9.54. The number of nitrogens with one attached hydrogen (secondary N) is 1. The van der Waals surface area contributed by atoms with Crippen LogP contribution >= 0.6 is 11.3 Å². The molecule has 3 rings (SSSR count). The molecule has 0 saturated heterocycles. The Hall–Kier alpha value is -1.87. The van der Waals surface area contributed by atoms with Crippen molar-refractivity contribution < 1.29 is 0 Å². The lowest BCUT2D eigenvalue weighted by molar-refractivity contribution is 0.590. The van der Waals surface area contributed by atoms with Crippen LogP contribution in [0.25, 0.3) is 22.0 Å². The minimum atomic E-state index is 0.152. The molecule has 0 aliphatic heterocycles. The van der Waals surface area contributed by atoms with E-state index < -0.39 is 0 Å². The van der Waals surface area contributed by atoms with Crippen LogP contribution in [0.15, 0.2) is 48.0 Å². The van der Waals surface area contributed by atoms with Crippen molar-refractivity contribution >= 4 is 11.3 Å². The molecule has 3 aromatic rings. The largest absolute Gasteiger partial charge is 0.337 e. The van der Waals surface area contributed by atoms with Gasteiger partial charge in [0.05, 0.1) is 16.8 Å². The maximum Gasteiger partial charge on any atom is 0.137 e. The molecule has 2 nitrogen and oxygen atoms in total. The van der Waals surface area contributed by atoms with Crippen LogP contribution in [0.5, 0.6) is 0 Å². The quantitative estimate of drug-likeness (QED) is 0.695. The molecule has 0 aliphatic carbocycles. The van der Waals surface area contributed by atoms with Crippen molar-refractivity contribution in [3.63, 3.8) is 0 Å². The lowest BCUT2D eigenvalue weighted by Gasteiger charge is -2.19. The Kier molecular flexibility index (Phi) is 3.22. The van der Waals surface area contributed by atoms with Gasteiger partial charge in [0.15, 0.2) is 0 Å². The summed E-state index contributed by atoms with van der Waals surface area (Å²) in [4.78, 5) is 9.14. The van der Waals surface area contributed by atoms with E-state index in [1.807, 2.05) is 6.20 Å². The van der Waals surface area contributed by atoms with Crippen LogP contribution in [0.3, 0.4) is 0 Å². The highest BCUT2D eigenvalue weighted by Gasteiger charge is 2.15. The van der Waals surface area contributed by atoms with Gasteiger partial charge in [0, 0.05) is 5.56 Å². The predicted molar refractivity (Wildman–Crippen MR) is 86.0 cm³/mol. The third-order valence-electron chi connectivity index (χ3n) is 3.36. The van der Waals surface area contributed by atoms with Crippen molar-refractivity contribution in [3.05, 3.63) is 53.5 Å². The second-order valence-electron chi connectivity index (χ2n) is 5.95. The SMILES string of the molecule is CC(C)(C)c1cccc(-c2ncc(-c3cccs3)[nH]2)c1. The molecule has 0 amide bonds. The smallest absolute Gasteiger partial charge is 0.137 e. The standard InChI is InChI=1S/C17H18N2S/c1-17(2,3)13-7-4-6-12(10-13)16-18-11-14(19-16)15-8-5-9-20-15/h4-11H,1-3H3,(H,18,19). The number of benzene rings is 1. The average Bonchev–Trinajstić information content (AvgIpc) is 3.09. The maximum atomic E-state index is 4.52. The topological polar surface area (TPSA) is 28.7 Å². The molecule has 3 heteroatoms.